The summed E-state index contributed by atoms with van der Waals surface area (Å²) in [6, 6.07) is 4.72. The number of hydrogen-bond acceptors (Lipinski definition) is 7. The fourth-order valence-corrected chi connectivity index (χ4v) is 3.60. The van der Waals surface area contributed by atoms with Gasteiger partial charge < -0.3 is 14.6 Å². The third-order valence-corrected chi connectivity index (χ3v) is 5.12. The van der Waals surface area contributed by atoms with Gasteiger partial charge in [-0.1, -0.05) is 18.1 Å². The minimum atomic E-state index is 0.0475. The second-order valence-electron chi connectivity index (χ2n) is 5.71. The molecular weight excluding hydrogens is 312 g/mol. The Balaban J connectivity index is 1.63. The molecule has 0 amide bonds. The van der Waals surface area contributed by atoms with Crippen LogP contribution < -0.4 is 5.32 Å². The molecule has 1 fully saturated rings. The first-order valence-electron chi connectivity index (χ1n) is 8.19. The Morgan fingerprint density at radius 2 is 2.22 bits per heavy atom. The highest BCUT2D eigenvalue weighted by Gasteiger charge is 2.24. The molecule has 0 unspecified atom stereocenters. The van der Waals surface area contributed by atoms with Crippen molar-refractivity contribution in [2.75, 3.05) is 32.8 Å². The van der Waals surface area contributed by atoms with Crippen LogP contribution in [0.2, 0.25) is 0 Å². The lowest BCUT2D eigenvalue weighted by molar-refractivity contribution is 0.0162. The molecule has 0 radical (unpaired) electrons. The summed E-state index contributed by atoms with van der Waals surface area (Å²) >= 11 is 1.81. The molecule has 1 aliphatic rings. The van der Waals surface area contributed by atoms with Crippen molar-refractivity contribution in [1.82, 2.24) is 20.4 Å². The predicted octanol–water partition coefficient (Wildman–Crippen LogP) is 2.42. The highest BCUT2D eigenvalue weighted by Crippen LogP contribution is 2.26. The number of rotatable bonds is 7. The average molecular weight is 336 g/mol. The number of hydrogen-bond donors (Lipinski definition) is 1. The first kappa shape index (κ1) is 16.6. The van der Waals surface area contributed by atoms with Crippen molar-refractivity contribution in [2.45, 2.75) is 32.4 Å². The molecule has 7 heteroatoms. The molecule has 1 aliphatic heterocycles. The van der Waals surface area contributed by atoms with Crippen molar-refractivity contribution in [3.05, 3.63) is 34.1 Å². The molecule has 126 valence electrons. The number of thiophene rings is 1. The van der Waals surface area contributed by atoms with Crippen LogP contribution >= 0.6 is 11.3 Å². The zero-order valence-electron chi connectivity index (χ0n) is 13.7. The summed E-state index contributed by atoms with van der Waals surface area (Å²) in [5, 5.41) is 9.66. The first-order valence-corrected chi connectivity index (χ1v) is 9.07. The second kappa shape index (κ2) is 8.01. The standard InChI is InChI=1S/C16H24N4O2S/c1-3-15-18-16(22-19-15)12(2)17-11-13(14-5-4-10-23-14)20-6-8-21-9-7-20/h4-5,10,12-13,17H,3,6-9,11H2,1-2H3/t12-,13+/m0/s1. The van der Waals surface area contributed by atoms with Crippen LogP contribution in [0.4, 0.5) is 0 Å². The van der Waals surface area contributed by atoms with Gasteiger partial charge in [0.1, 0.15) is 0 Å². The van der Waals surface area contributed by atoms with Crippen molar-refractivity contribution in [2.24, 2.45) is 0 Å². The zero-order valence-corrected chi connectivity index (χ0v) is 14.5. The molecule has 0 spiro atoms. The van der Waals surface area contributed by atoms with E-state index in [1.54, 1.807) is 11.3 Å². The third kappa shape index (κ3) is 4.17. The molecule has 0 saturated carbocycles. The van der Waals surface area contributed by atoms with Gasteiger partial charge in [0.05, 0.1) is 25.3 Å². The van der Waals surface area contributed by atoms with Crippen LogP contribution in [-0.4, -0.2) is 47.9 Å². The van der Waals surface area contributed by atoms with Crippen molar-refractivity contribution in [3.63, 3.8) is 0 Å². The maximum absolute atomic E-state index is 5.49. The third-order valence-electron chi connectivity index (χ3n) is 4.15. The van der Waals surface area contributed by atoms with E-state index >= 15 is 0 Å². The van der Waals surface area contributed by atoms with Gasteiger partial charge in [-0.05, 0) is 18.4 Å². The van der Waals surface area contributed by atoms with E-state index < -0.39 is 0 Å². The van der Waals surface area contributed by atoms with Crippen LogP contribution in [0.5, 0.6) is 0 Å². The van der Waals surface area contributed by atoms with Gasteiger partial charge in [0.25, 0.3) is 0 Å². The number of aromatic nitrogens is 2. The summed E-state index contributed by atoms with van der Waals surface area (Å²) in [5.74, 6) is 1.42. The summed E-state index contributed by atoms with van der Waals surface area (Å²) < 4.78 is 10.8. The lowest BCUT2D eigenvalue weighted by atomic mass is 10.1. The smallest absolute Gasteiger partial charge is 0.243 e. The normalized spacial score (nSPS) is 18.9. The molecule has 23 heavy (non-hydrogen) atoms. The van der Waals surface area contributed by atoms with Gasteiger partial charge in [-0.15, -0.1) is 11.3 Å². The molecule has 0 bridgehead atoms. The van der Waals surface area contributed by atoms with Gasteiger partial charge in [0.2, 0.25) is 5.89 Å². The Morgan fingerprint density at radius 3 is 2.87 bits per heavy atom. The van der Waals surface area contributed by atoms with E-state index in [4.69, 9.17) is 9.26 Å². The number of nitrogens with zero attached hydrogens (tertiary/aromatic N) is 3. The van der Waals surface area contributed by atoms with E-state index in [1.807, 2.05) is 6.92 Å². The fraction of sp³-hybridized carbons (Fsp3) is 0.625. The van der Waals surface area contributed by atoms with Crippen LogP contribution in [0.3, 0.4) is 0 Å². The molecule has 1 saturated heterocycles. The monoisotopic (exact) mass is 336 g/mol. The second-order valence-corrected chi connectivity index (χ2v) is 6.69. The molecule has 2 aromatic heterocycles. The Bertz CT molecular complexity index is 581. The summed E-state index contributed by atoms with van der Waals surface area (Å²) in [6.07, 6.45) is 0.793. The van der Waals surface area contributed by atoms with Gasteiger partial charge in [-0.2, -0.15) is 4.98 Å². The minimum absolute atomic E-state index is 0.0475. The number of morpholine rings is 1. The van der Waals surface area contributed by atoms with Crippen molar-refractivity contribution >= 4 is 11.3 Å². The van der Waals surface area contributed by atoms with Crippen molar-refractivity contribution in [3.8, 4) is 0 Å². The molecule has 3 heterocycles. The first-order chi connectivity index (χ1) is 11.3. The highest BCUT2D eigenvalue weighted by atomic mass is 32.1. The van der Waals surface area contributed by atoms with E-state index in [9.17, 15) is 0 Å². The minimum Gasteiger partial charge on any atom is -0.379 e. The quantitative estimate of drug-likeness (QED) is 0.838. The number of ether oxygens (including phenoxy) is 1. The van der Waals surface area contributed by atoms with Crippen LogP contribution in [0.25, 0.3) is 0 Å². The van der Waals surface area contributed by atoms with Gasteiger partial charge >= 0.3 is 0 Å². The Labute approximate surface area is 140 Å². The van der Waals surface area contributed by atoms with Crippen LogP contribution in [0.1, 0.15) is 42.5 Å². The Kier molecular flexibility index (Phi) is 5.77. The van der Waals surface area contributed by atoms with Gasteiger partial charge in [0.15, 0.2) is 5.82 Å². The fourth-order valence-electron chi connectivity index (χ4n) is 2.74. The van der Waals surface area contributed by atoms with E-state index in [0.29, 0.717) is 11.9 Å². The number of nitrogens with one attached hydrogen (secondary N) is 1. The molecule has 0 aromatic carbocycles. The lowest BCUT2D eigenvalue weighted by Gasteiger charge is -2.34. The van der Waals surface area contributed by atoms with E-state index in [1.165, 1.54) is 4.88 Å². The molecule has 2 aromatic rings. The summed E-state index contributed by atoms with van der Waals surface area (Å²) in [5.41, 5.74) is 0. The average Bonchev–Trinajstić information content (AvgIpc) is 3.27. The lowest BCUT2D eigenvalue weighted by Crippen LogP contribution is -2.42. The van der Waals surface area contributed by atoms with Gasteiger partial charge in [-0.25, -0.2) is 0 Å². The molecule has 2 atom stereocenters. The SMILES string of the molecule is CCc1noc([C@H](C)NC[C@H](c2cccs2)N2CCOCC2)n1. The van der Waals surface area contributed by atoms with E-state index in [0.717, 1.165) is 45.1 Å². The van der Waals surface area contributed by atoms with Crippen molar-refractivity contribution < 1.29 is 9.26 Å². The highest BCUT2D eigenvalue weighted by molar-refractivity contribution is 7.10. The maximum atomic E-state index is 5.49. The van der Waals surface area contributed by atoms with E-state index in [2.05, 4.69) is 44.8 Å². The van der Waals surface area contributed by atoms with Gasteiger partial charge in [0, 0.05) is 30.9 Å². The van der Waals surface area contributed by atoms with E-state index in [-0.39, 0.29) is 6.04 Å². The topological polar surface area (TPSA) is 63.4 Å². The molecule has 6 nitrogen and oxygen atoms in total. The molecule has 1 N–H and O–H groups in total. The van der Waals surface area contributed by atoms with Crippen LogP contribution in [-0.2, 0) is 11.2 Å². The number of aryl methyl sites for hydroxylation is 1. The maximum Gasteiger partial charge on any atom is 0.243 e. The zero-order chi connectivity index (χ0) is 16.1. The largest absolute Gasteiger partial charge is 0.379 e. The molecule has 3 rings (SSSR count). The molecular formula is C16H24N4O2S. The molecule has 0 aliphatic carbocycles. The summed E-state index contributed by atoms with van der Waals surface area (Å²) in [6.45, 7) is 8.50. The summed E-state index contributed by atoms with van der Waals surface area (Å²) in [7, 11) is 0. The Hall–Kier alpha value is -1.28. The van der Waals surface area contributed by atoms with Crippen molar-refractivity contribution in [1.29, 1.82) is 0 Å². The van der Waals surface area contributed by atoms with Crippen LogP contribution in [0, 0.1) is 0 Å². The van der Waals surface area contributed by atoms with Crippen LogP contribution in [0.15, 0.2) is 22.0 Å². The summed E-state index contributed by atoms with van der Waals surface area (Å²) in [4.78, 5) is 8.28. The van der Waals surface area contributed by atoms with Gasteiger partial charge in [-0.3, -0.25) is 4.90 Å². The predicted molar refractivity (Wildman–Crippen MR) is 89.5 cm³/mol. The Morgan fingerprint density at radius 1 is 1.39 bits per heavy atom.